The average molecular weight is 189 g/mol. The summed E-state index contributed by atoms with van der Waals surface area (Å²) in [5, 5.41) is 0. The van der Waals surface area contributed by atoms with Crippen LogP contribution in [0.5, 0.6) is 0 Å². The standard InChI is InChI=1S/C9H10F3N/c10-7-2-1-3-8(13)6(7)4-5-9(11)12/h1-3,9H,4-5,13H2. The van der Waals surface area contributed by atoms with E-state index in [9.17, 15) is 13.2 Å². The Kier molecular flexibility index (Phi) is 3.17. The zero-order valence-corrected chi connectivity index (χ0v) is 6.93. The lowest BCUT2D eigenvalue weighted by Crippen LogP contribution is -2.01. The minimum Gasteiger partial charge on any atom is -0.398 e. The third-order valence-corrected chi connectivity index (χ3v) is 1.77. The van der Waals surface area contributed by atoms with Gasteiger partial charge in [-0.3, -0.25) is 0 Å². The van der Waals surface area contributed by atoms with Crippen LogP contribution in [0.1, 0.15) is 12.0 Å². The predicted octanol–water partition coefficient (Wildman–Crippen LogP) is 2.61. The topological polar surface area (TPSA) is 26.0 Å². The Bertz CT molecular complexity index is 266. The molecule has 1 aromatic carbocycles. The van der Waals surface area contributed by atoms with Gasteiger partial charge in [-0.1, -0.05) is 6.07 Å². The molecule has 2 N–H and O–H groups in total. The van der Waals surface area contributed by atoms with Crippen LogP contribution in [0.4, 0.5) is 18.9 Å². The highest BCUT2D eigenvalue weighted by atomic mass is 19.3. The molecule has 0 bridgehead atoms. The van der Waals surface area contributed by atoms with Gasteiger partial charge in [0.25, 0.3) is 0 Å². The highest BCUT2D eigenvalue weighted by Gasteiger charge is 2.09. The smallest absolute Gasteiger partial charge is 0.239 e. The van der Waals surface area contributed by atoms with Gasteiger partial charge in [0.15, 0.2) is 0 Å². The van der Waals surface area contributed by atoms with Crippen molar-refractivity contribution in [2.24, 2.45) is 0 Å². The third-order valence-electron chi connectivity index (χ3n) is 1.77. The van der Waals surface area contributed by atoms with E-state index in [-0.39, 0.29) is 24.1 Å². The molecule has 4 heteroatoms. The SMILES string of the molecule is Nc1cccc(F)c1CCC(F)F. The number of hydrogen-bond donors (Lipinski definition) is 1. The molecule has 0 spiro atoms. The molecule has 0 atom stereocenters. The summed E-state index contributed by atoms with van der Waals surface area (Å²) in [6.45, 7) is 0. The molecule has 0 aliphatic rings. The van der Waals surface area contributed by atoms with E-state index in [0.717, 1.165) is 0 Å². The van der Waals surface area contributed by atoms with E-state index in [2.05, 4.69) is 0 Å². The van der Waals surface area contributed by atoms with Crippen LogP contribution in [-0.2, 0) is 6.42 Å². The lowest BCUT2D eigenvalue weighted by atomic mass is 10.1. The Balaban J connectivity index is 2.75. The molecule has 0 aliphatic carbocycles. The van der Waals surface area contributed by atoms with E-state index >= 15 is 0 Å². The first-order valence-corrected chi connectivity index (χ1v) is 3.92. The van der Waals surface area contributed by atoms with E-state index in [1.165, 1.54) is 18.2 Å². The molecule has 0 radical (unpaired) electrons. The van der Waals surface area contributed by atoms with Crippen LogP contribution in [0.2, 0.25) is 0 Å². The number of hydrogen-bond acceptors (Lipinski definition) is 1. The Labute approximate surface area is 74.4 Å². The summed E-state index contributed by atoms with van der Waals surface area (Å²) in [6, 6.07) is 4.18. The maximum atomic E-state index is 13.0. The van der Waals surface area contributed by atoms with Crippen LogP contribution in [0.15, 0.2) is 18.2 Å². The zero-order chi connectivity index (χ0) is 9.84. The molecular weight excluding hydrogens is 179 g/mol. The van der Waals surface area contributed by atoms with Crippen LogP contribution in [0.25, 0.3) is 0 Å². The maximum Gasteiger partial charge on any atom is 0.239 e. The molecule has 72 valence electrons. The van der Waals surface area contributed by atoms with Crippen LogP contribution >= 0.6 is 0 Å². The van der Waals surface area contributed by atoms with Crippen molar-refractivity contribution in [1.29, 1.82) is 0 Å². The molecule has 13 heavy (non-hydrogen) atoms. The van der Waals surface area contributed by atoms with Crippen molar-refractivity contribution in [3.8, 4) is 0 Å². The molecule has 1 rings (SSSR count). The zero-order valence-electron chi connectivity index (χ0n) is 6.93. The largest absolute Gasteiger partial charge is 0.398 e. The summed E-state index contributed by atoms with van der Waals surface area (Å²) in [5.74, 6) is -0.513. The maximum absolute atomic E-state index is 13.0. The number of rotatable bonds is 3. The van der Waals surface area contributed by atoms with Gasteiger partial charge in [0.05, 0.1) is 0 Å². The van der Waals surface area contributed by atoms with Crippen molar-refractivity contribution in [2.45, 2.75) is 19.3 Å². The minimum atomic E-state index is -2.42. The fourth-order valence-electron chi connectivity index (χ4n) is 1.09. The predicted molar refractivity (Wildman–Crippen MR) is 45.1 cm³/mol. The normalized spacial score (nSPS) is 10.8. The van der Waals surface area contributed by atoms with E-state index in [0.29, 0.717) is 0 Å². The van der Waals surface area contributed by atoms with Gasteiger partial charge in [0.1, 0.15) is 5.82 Å². The molecule has 0 saturated heterocycles. The van der Waals surface area contributed by atoms with Gasteiger partial charge in [-0.2, -0.15) is 0 Å². The van der Waals surface area contributed by atoms with Gasteiger partial charge in [-0.15, -0.1) is 0 Å². The first kappa shape index (κ1) is 9.89. The van der Waals surface area contributed by atoms with Crippen LogP contribution in [0, 0.1) is 5.82 Å². The second-order valence-corrected chi connectivity index (χ2v) is 2.74. The second kappa shape index (κ2) is 4.16. The Morgan fingerprint density at radius 1 is 1.31 bits per heavy atom. The van der Waals surface area contributed by atoms with E-state index in [4.69, 9.17) is 5.73 Å². The number of nitrogen functional groups attached to an aromatic ring is 1. The Morgan fingerprint density at radius 3 is 2.54 bits per heavy atom. The molecule has 0 amide bonds. The fraction of sp³-hybridized carbons (Fsp3) is 0.333. The van der Waals surface area contributed by atoms with Gasteiger partial charge >= 0.3 is 0 Å². The molecule has 0 heterocycles. The van der Waals surface area contributed by atoms with Crippen molar-refractivity contribution < 1.29 is 13.2 Å². The van der Waals surface area contributed by atoms with Crippen molar-refractivity contribution in [3.63, 3.8) is 0 Å². The summed E-state index contributed by atoms with van der Waals surface area (Å²) in [7, 11) is 0. The number of anilines is 1. The van der Waals surface area contributed by atoms with Gasteiger partial charge in [0, 0.05) is 17.7 Å². The van der Waals surface area contributed by atoms with Gasteiger partial charge in [-0.25, -0.2) is 13.2 Å². The highest BCUT2D eigenvalue weighted by molar-refractivity contribution is 5.47. The van der Waals surface area contributed by atoms with Gasteiger partial charge in [0.2, 0.25) is 6.43 Å². The first-order valence-electron chi connectivity index (χ1n) is 3.92. The van der Waals surface area contributed by atoms with Gasteiger partial charge < -0.3 is 5.73 Å². The Morgan fingerprint density at radius 2 is 2.00 bits per heavy atom. The fourth-order valence-corrected chi connectivity index (χ4v) is 1.09. The summed E-state index contributed by atoms with van der Waals surface area (Å²) in [6.07, 6.45) is -2.79. The highest BCUT2D eigenvalue weighted by Crippen LogP contribution is 2.18. The second-order valence-electron chi connectivity index (χ2n) is 2.74. The van der Waals surface area contributed by atoms with Crippen LogP contribution in [0.3, 0.4) is 0 Å². The summed E-state index contributed by atoms with van der Waals surface area (Å²) < 4.78 is 36.6. The molecular formula is C9H10F3N. The average Bonchev–Trinajstić information content (AvgIpc) is 2.03. The molecule has 0 fully saturated rings. The molecule has 0 saturated carbocycles. The van der Waals surface area contributed by atoms with Crippen LogP contribution < -0.4 is 5.73 Å². The molecule has 0 aliphatic heterocycles. The molecule has 1 aromatic rings. The van der Waals surface area contributed by atoms with Crippen molar-refractivity contribution in [1.82, 2.24) is 0 Å². The van der Waals surface area contributed by atoms with E-state index < -0.39 is 12.2 Å². The number of alkyl halides is 2. The van der Waals surface area contributed by atoms with E-state index in [1.54, 1.807) is 0 Å². The quantitative estimate of drug-likeness (QED) is 0.726. The number of halogens is 3. The van der Waals surface area contributed by atoms with Crippen molar-refractivity contribution >= 4 is 5.69 Å². The van der Waals surface area contributed by atoms with Crippen molar-refractivity contribution in [2.75, 3.05) is 5.73 Å². The lowest BCUT2D eigenvalue weighted by molar-refractivity contribution is 0.138. The third kappa shape index (κ3) is 2.65. The molecule has 0 aromatic heterocycles. The minimum absolute atomic E-state index is 0.0177. The molecule has 0 unspecified atom stereocenters. The Hall–Kier alpha value is -1.19. The summed E-state index contributed by atoms with van der Waals surface area (Å²) >= 11 is 0. The lowest BCUT2D eigenvalue weighted by Gasteiger charge is -2.05. The number of benzene rings is 1. The van der Waals surface area contributed by atoms with Crippen LogP contribution in [-0.4, -0.2) is 6.43 Å². The summed E-state index contributed by atoms with van der Waals surface area (Å²) in [4.78, 5) is 0. The van der Waals surface area contributed by atoms with Crippen molar-refractivity contribution in [3.05, 3.63) is 29.6 Å². The van der Waals surface area contributed by atoms with Gasteiger partial charge in [-0.05, 0) is 18.6 Å². The monoisotopic (exact) mass is 189 g/mol. The summed E-state index contributed by atoms with van der Waals surface area (Å²) in [5.41, 5.74) is 5.84. The first-order chi connectivity index (χ1) is 6.11. The van der Waals surface area contributed by atoms with E-state index in [1.807, 2.05) is 0 Å². The molecule has 1 nitrogen and oxygen atoms in total. The number of nitrogens with two attached hydrogens (primary N) is 1.